The lowest BCUT2D eigenvalue weighted by Gasteiger charge is -2.39. The minimum Gasteiger partial charge on any atom is -0.457 e. The molecule has 1 aromatic rings. The summed E-state index contributed by atoms with van der Waals surface area (Å²) in [5, 5.41) is 0. The molecule has 364 valence electrons. The predicted octanol–water partition coefficient (Wildman–Crippen LogP) is 10.1. The van der Waals surface area contributed by atoms with Gasteiger partial charge in [-0.15, -0.1) is 0 Å². The van der Waals surface area contributed by atoms with Crippen molar-refractivity contribution in [2.24, 2.45) is 11.8 Å². The standard InChI is InChI=1S/C51H82O13/c1-15-43(59-38(10)55-17-3)36(8)48-44(60-48)33-50(13,63-39(11)56-18-4)30-23-24-34(6)47-35(7)27-28-45(61-49(53)41-25-21-20-22-26-41)51(14,64-40(12)57-19-5)31-29-42(32-46(52)62-47)58-37(9)54-16-2/h20-28,30,35-40,42-45,47-48H,15-19,29,31-33H2,1-14H3/b28-27-,30-23+,34-24+. The van der Waals surface area contributed by atoms with Gasteiger partial charge in [0.15, 0.2) is 25.2 Å². The normalized spacial score (nSPS) is 29.0. The van der Waals surface area contributed by atoms with Crippen LogP contribution >= 0.6 is 0 Å². The number of benzene rings is 1. The number of ether oxygens (including phenoxy) is 11. The average Bonchev–Trinajstić information content (AvgIpc) is 4.00. The van der Waals surface area contributed by atoms with Crippen LogP contribution in [0.5, 0.6) is 0 Å². The molecule has 64 heavy (non-hydrogen) atoms. The maximum Gasteiger partial charge on any atom is 0.338 e. The second-order valence-electron chi connectivity index (χ2n) is 17.4. The Kier molecular flexibility index (Phi) is 23.9. The van der Waals surface area contributed by atoms with E-state index in [1.807, 2.05) is 113 Å². The number of hydrogen-bond acceptors (Lipinski definition) is 13. The van der Waals surface area contributed by atoms with Gasteiger partial charge in [0.1, 0.15) is 17.8 Å². The number of rotatable bonds is 26. The van der Waals surface area contributed by atoms with E-state index in [0.717, 1.165) is 12.0 Å². The third-order valence-corrected chi connectivity index (χ3v) is 11.7. The van der Waals surface area contributed by atoms with Crippen molar-refractivity contribution >= 4 is 11.9 Å². The van der Waals surface area contributed by atoms with Gasteiger partial charge >= 0.3 is 11.9 Å². The molecule has 0 spiro atoms. The Morgan fingerprint density at radius 1 is 0.891 bits per heavy atom. The molecule has 13 nitrogen and oxygen atoms in total. The summed E-state index contributed by atoms with van der Waals surface area (Å²) >= 11 is 0. The zero-order valence-electron chi connectivity index (χ0n) is 41.4. The highest BCUT2D eigenvalue weighted by atomic mass is 16.7. The SMILES string of the molecule is CCOC(C)OC1CCC(C)(OC(C)OCC)C(OC(=O)c2ccccc2)/C=C\C(C)C(/C(C)=C/C=C/C(C)(CC2OC2C(C)C(CC)OC(C)OCC)OC(C)OCC)OC(=O)C1. The first-order valence-electron chi connectivity index (χ1n) is 23.7. The molecule has 0 N–H and O–H groups in total. The van der Waals surface area contributed by atoms with Crippen molar-refractivity contribution in [1.82, 2.24) is 0 Å². The number of hydrogen-bond donors (Lipinski definition) is 0. The van der Waals surface area contributed by atoms with Crippen molar-refractivity contribution in [3.63, 3.8) is 0 Å². The van der Waals surface area contributed by atoms with E-state index in [-0.39, 0.29) is 42.9 Å². The lowest BCUT2D eigenvalue weighted by molar-refractivity contribution is -0.225. The van der Waals surface area contributed by atoms with Gasteiger partial charge in [-0.2, -0.15) is 0 Å². The highest BCUT2D eigenvalue weighted by Gasteiger charge is 2.49. The molecule has 2 heterocycles. The van der Waals surface area contributed by atoms with E-state index in [9.17, 15) is 9.59 Å². The van der Waals surface area contributed by atoms with Gasteiger partial charge in [-0.1, -0.05) is 63.3 Å². The first-order chi connectivity index (χ1) is 30.4. The molecule has 2 aliphatic rings. The molecule has 13 heteroatoms. The topological polar surface area (TPSA) is 139 Å². The molecule has 0 amide bonds. The fraction of sp³-hybridized carbons (Fsp3) is 0.725. The van der Waals surface area contributed by atoms with E-state index >= 15 is 0 Å². The Morgan fingerprint density at radius 3 is 2.16 bits per heavy atom. The van der Waals surface area contributed by atoms with Crippen molar-refractivity contribution in [3.8, 4) is 0 Å². The van der Waals surface area contributed by atoms with Gasteiger partial charge in [0.2, 0.25) is 0 Å². The molecule has 1 aromatic carbocycles. The fourth-order valence-corrected chi connectivity index (χ4v) is 8.43. The molecule has 0 bridgehead atoms. The van der Waals surface area contributed by atoms with Gasteiger partial charge in [-0.05, 0) is 119 Å². The molecule has 1 saturated heterocycles. The van der Waals surface area contributed by atoms with Crippen LogP contribution in [0.4, 0.5) is 0 Å². The van der Waals surface area contributed by atoms with Gasteiger partial charge in [0.05, 0.1) is 42.0 Å². The molecule has 3 rings (SSSR count). The number of carbonyl (C=O) groups is 2. The Balaban J connectivity index is 2.00. The van der Waals surface area contributed by atoms with Crippen LogP contribution in [-0.4, -0.2) is 111 Å². The summed E-state index contributed by atoms with van der Waals surface area (Å²) in [5.41, 5.74) is -0.645. The Labute approximate surface area is 384 Å². The van der Waals surface area contributed by atoms with Gasteiger partial charge in [-0.3, -0.25) is 4.79 Å². The van der Waals surface area contributed by atoms with Crippen LogP contribution < -0.4 is 0 Å². The van der Waals surface area contributed by atoms with Crippen LogP contribution in [0.1, 0.15) is 139 Å². The highest BCUT2D eigenvalue weighted by molar-refractivity contribution is 5.89. The van der Waals surface area contributed by atoms with Crippen molar-refractivity contribution < 1.29 is 61.7 Å². The first kappa shape index (κ1) is 55.3. The Morgan fingerprint density at radius 2 is 1.52 bits per heavy atom. The van der Waals surface area contributed by atoms with Crippen molar-refractivity contribution in [3.05, 3.63) is 71.8 Å². The minimum atomic E-state index is -1.09. The summed E-state index contributed by atoms with van der Waals surface area (Å²) in [4.78, 5) is 27.6. The van der Waals surface area contributed by atoms with Crippen LogP contribution in [0, 0.1) is 11.8 Å². The largest absolute Gasteiger partial charge is 0.457 e. The summed E-state index contributed by atoms with van der Waals surface area (Å²) in [6.07, 6.45) is 7.63. The summed E-state index contributed by atoms with van der Waals surface area (Å²) < 4.78 is 67.7. The maximum atomic E-state index is 13.9. The van der Waals surface area contributed by atoms with E-state index in [1.54, 1.807) is 31.2 Å². The molecule has 0 saturated carbocycles. The number of esters is 2. The van der Waals surface area contributed by atoms with E-state index in [0.29, 0.717) is 51.3 Å². The predicted molar refractivity (Wildman–Crippen MR) is 246 cm³/mol. The molecule has 0 aromatic heterocycles. The summed E-state index contributed by atoms with van der Waals surface area (Å²) in [7, 11) is 0. The zero-order valence-corrected chi connectivity index (χ0v) is 41.4. The lowest BCUT2D eigenvalue weighted by atomic mass is 9.88. The average molecular weight is 903 g/mol. The number of allylic oxidation sites excluding steroid dienone is 2. The van der Waals surface area contributed by atoms with E-state index in [2.05, 4.69) is 13.8 Å². The summed E-state index contributed by atoms with van der Waals surface area (Å²) in [6.45, 7) is 29.2. The molecule has 14 unspecified atom stereocenters. The van der Waals surface area contributed by atoms with E-state index in [4.69, 9.17) is 52.1 Å². The smallest absolute Gasteiger partial charge is 0.338 e. The van der Waals surface area contributed by atoms with Crippen LogP contribution in [0.15, 0.2) is 66.3 Å². The molecule has 0 aliphatic carbocycles. The maximum absolute atomic E-state index is 13.9. The van der Waals surface area contributed by atoms with Gasteiger partial charge in [-0.25, -0.2) is 4.79 Å². The number of cyclic esters (lactones) is 1. The summed E-state index contributed by atoms with van der Waals surface area (Å²) in [6, 6.07) is 8.86. The quantitative estimate of drug-likeness (QED) is 0.0287. The van der Waals surface area contributed by atoms with Crippen LogP contribution in [0.25, 0.3) is 0 Å². The Bertz CT molecular complexity index is 1600. The molecule has 2 aliphatic heterocycles. The highest BCUT2D eigenvalue weighted by Crippen LogP contribution is 2.40. The third kappa shape index (κ3) is 18.4. The second-order valence-corrected chi connectivity index (χ2v) is 17.4. The van der Waals surface area contributed by atoms with Crippen molar-refractivity contribution in [1.29, 1.82) is 0 Å². The number of epoxide rings is 1. The molecular formula is C51H82O13. The molecule has 14 atom stereocenters. The first-order valence-corrected chi connectivity index (χ1v) is 23.7. The van der Waals surface area contributed by atoms with Crippen LogP contribution in [0.2, 0.25) is 0 Å². The zero-order chi connectivity index (χ0) is 47.5. The van der Waals surface area contributed by atoms with E-state index < -0.39 is 60.3 Å². The Hall–Kier alpha value is -2.98. The van der Waals surface area contributed by atoms with Crippen molar-refractivity contribution in [2.45, 2.75) is 202 Å². The fourth-order valence-electron chi connectivity index (χ4n) is 8.43. The molecule has 0 radical (unpaired) electrons. The monoisotopic (exact) mass is 903 g/mol. The molecule has 1 fully saturated rings. The van der Waals surface area contributed by atoms with Gasteiger partial charge in [0, 0.05) is 44.7 Å². The minimum absolute atomic E-state index is 0.00723. The third-order valence-electron chi connectivity index (χ3n) is 11.7. The van der Waals surface area contributed by atoms with Crippen LogP contribution in [0.3, 0.4) is 0 Å². The van der Waals surface area contributed by atoms with Gasteiger partial charge in [0.25, 0.3) is 0 Å². The van der Waals surface area contributed by atoms with Gasteiger partial charge < -0.3 is 52.1 Å². The van der Waals surface area contributed by atoms with E-state index in [1.165, 1.54) is 0 Å². The lowest BCUT2D eigenvalue weighted by Crippen LogP contribution is -2.47. The summed E-state index contributed by atoms with van der Waals surface area (Å²) in [5.74, 6) is -1.12. The number of carbonyl (C=O) groups excluding carboxylic acids is 2. The second kappa shape index (κ2) is 27.6. The van der Waals surface area contributed by atoms with Crippen molar-refractivity contribution in [2.75, 3.05) is 26.4 Å². The molecular weight excluding hydrogens is 821 g/mol. The van der Waals surface area contributed by atoms with Crippen LogP contribution in [-0.2, 0) is 56.9 Å².